The lowest BCUT2D eigenvalue weighted by molar-refractivity contribution is 1.35. The summed E-state index contributed by atoms with van der Waals surface area (Å²) in [5.74, 6) is 2.76. The molecule has 0 spiro atoms. The van der Waals surface area contributed by atoms with E-state index in [2.05, 4.69) is 32.8 Å². The molecule has 0 heteroatoms. The van der Waals surface area contributed by atoms with Crippen molar-refractivity contribution in [3.63, 3.8) is 0 Å². The standard InChI is InChI=1S/C15H16/c1-5-15(13(4)11-12(2)3)14-9-7-6-8-10-14/h1,6-11H,2-4H3/b15-13+. The molecule has 0 atom stereocenters. The minimum Gasteiger partial charge on any atom is -0.115 e. The van der Waals surface area contributed by atoms with Crippen molar-refractivity contribution in [1.82, 2.24) is 0 Å². The van der Waals surface area contributed by atoms with Crippen LogP contribution in [0.2, 0.25) is 0 Å². The first-order chi connectivity index (χ1) is 7.15. The van der Waals surface area contributed by atoms with Gasteiger partial charge in [0.25, 0.3) is 0 Å². The highest BCUT2D eigenvalue weighted by Gasteiger charge is 2.00. The largest absolute Gasteiger partial charge is 0.115 e. The molecule has 0 unspecified atom stereocenters. The van der Waals surface area contributed by atoms with Crippen molar-refractivity contribution in [2.45, 2.75) is 20.8 Å². The van der Waals surface area contributed by atoms with Crippen LogP contribution in [0.3, 0.4) is 0 Å². The smallest absolute Gasteiger partial charge is 0.0344 e. The topological polar surface area (TPSA) is 0 Å². The molecule has 76 valence electrons. The van der Waals surface area contributed by atoms with E-state index < -0.39 is 0 Å². The maximum Gasteiger partial charge on any atom is 0.0344 e. The zero-order valence-electron chi connectivity index (χ0n) is 9.54. The van der Waals surface area contributed by atoms with E-state index >= 15 is 0 Å². The van der Waals surface area contributed by atoms with Crippen molar-refractivity contribution in [3.05, 3.63) is 53.1 Å². The van der Waals surface area contributed by atoms with E-state index in [-0.39, 0.29) is 0 Å². The first kappa shape index (κ1) is 11.3. The summed E-state index contributed by atoms with van der Waals surface area (Å²) in [6.45, 7) is 6.19. The normalized spacial score (nSPS) is 11.3. The Morgan fingerprint density at radius 2 is 1.73 bits per heavy atom. The van der Waals surface area contributed by atoms with Crippen LogP contribution in [0.25, 0.3) is 5.57 Å². The predicted octanol–water partition coefficient (Wildman–Crippen LogP) is 4.06. The molecule has 0 N–H and O–H groups in total. The fourth-order valence-electron chi connectivity index (χ4n) is 1.53. The van der Waals surface area contributed by atoms with Crippen molar-refractivity contribution in [2.24, 2.45) is 0 Å². The third-order valence-corrected chi connectivity index (χ3v) is 2.11. The molecule has 15 heavy (non-hydrogen) atoms. The maximum absolute atomic E-state index is 5.54. The molecular formula is C15H16. The van der Waals surface area contributed by atoms with Gasteiger partial charge in [-0.1, -0.05) is 47.9 Å². The first-order valence-corrected chi connectivity index (χ1v) is 5.03. The molecule has 0 aliphatic rings. The van der Waals surface area contributed by atoms with Crippen molar-refractivity contribution in [2.75, 3.05) is 0 Å². The van der Waals surface area contributed by atoms with Gasteiger partial charge >= 0.3 is 0 Å². The van der Waals surface area contributed by atoms with Crippen LogP contribution in [0.1, 0.15) is 26.3 Å². The molecule has 0 saturated heterocycles. The molecule has 0 aliphatic heterocycles. The number of rotatable bonds is 2. The van der Waals surface area contributed by atoms with Crippen LogP contribution < -0.4 is 0 Å². The Kier molecular flexibility index (Phi) is 3.94. The van der Waals surface area contributed by atoms with Gasteiger partial charge in [0.1, 0.15) is 0 Å². The maximum atomic E-state index is 5.54. The van der Waals surface area contributed by atoms with Gasteiger partial charge in [-0.25, -0.2) is 0 Å². The second-order valence-electron chi connectivity index (χ2n) is 3.79. The molecule has 1 aromatic carbocycles. The number of hydrogen-bond donors (Lipinski definition) is 0. The highest BCUT2D eigenvalue weighted by atomic mass is 14.0. The van der Waals surface area contributed by atoms with E-state index in [4.69, 9.17) is 6.42 Å². The van der Waals surface area contributed by atoms with E-state index in [1.165, 1.54) is 5.57 Å². The molecule has 0 saturated carbocycles. The average Bonchev–Trinajstić information content (AvgIpc) is 2.19. The summed E-state index contributed by atoms with van der Waals surface area (Å²) in [4.78, 5) is 0. The SMILES string of the molecule is C#C/C(=C(/C)C=C(C)C)c1ccccc1. The Hall–Kier alpha value is -1.74. The Labute approximate surface area is 92.3 Å². The summed E-state index contributed by atoms with van der Waals surface area (Å²) >= 11 is 0. The predicted molar refractivity (Wildman–Crippen MR) is 67.3 cm³/mol. The molecule has 1 aromatic rings. The van der Waals surface area contributed by atoms with E-state index in [1.54, 1.807) is 0 Å². The summed E-state index contributed by atoms with van der Waals surface area (Å²) in [5.41, 5.74) is 4.48. The summed E-state index contributed by atoms with van der Waals surface area (Å²) in [5, 5.41) is 0. The monoisotopic (exact) mass is 196 g/mol. The van der Waals surface area contributed by atoms with E-state index in [0.717, 1.165) is 16.7 Å². The summed E-state index contributed by atoms with van der Waals surface area (Å²) in [6, 6.07) is 10.1. The lowest BCUT2D eigenvalue weighted by Gasteiger charge is -2.03. The Bertz CT molecular complexity index is 421. The molecule has 1 rings (SSSR count). The molecule has 0 aliphatic carbocycles. The van der Waals surface area contributed by atoms with Crippen molar-refractivity contribution in [1.29, 1.82) is 0 Å². The first-order valence-electron chi connectivity index (χ1n) is 5.03. The number of terminal acetylenes is 1. The lowest BCUT2D eigenvalue weighted by atomic mass is 10.0. The minimum absolute atomic E-state index is 0.969. The van der Waals surface area contributed by atoms with Crippen molar-refractivity contribution >= 4 is 5.57 Å². The number of benzene rings is 1. The van der Waals surface area contributed by atoms with Gasteiger partial charge in [0, 0.05) is 5.57 Å². The molecule has 0 heterocycles. The van der Waals surface area contributed by atoms with Gasteiger partial charge in [-0.2, -0.15) is 0 Å². The van der Waals surface area contributed by atoms with E-state index in [9.17, 15) is 0 Å². The van der Waals surface area contributed by atoms with Crippen LogP contribution in [0.15, 0.2) is 47.6 Å². The second-order valence-corrected chi connectivity index (χ2v) is 3.79. The third-order valence-electron chi connectivity index (χ3n) is 2.11. The van der Waals surface area contributed by atoms with Crippen LogP contribution >= 0.6 is 0 Å². The van der Waals surface area contributed by atoms with Gasteiger partial charge in [-0.3, -0.25) is 0 Å². The summed E-state index contributed by atoms with van der Waals surface area (Å²) in [7, 11) is 0. The van der Waals surface area contributed by atoms with Crippen LogP contribution in [0.4, 0.5) is 0 Å². The summed E-state index contributed by atoms with van der Waals surface area (Å²) < 4.78 is 0. The van der Waals surface area contributed by atoms with E-state index in [1.807, 2.05) is 30.3 Å². The highest BCUT2D eigenvalue weighted by Crippen LogP contribution is 2.19. The number of allylic oxidation sites excluding steroid dienone is 4. The Morgan fingerprint density at radius 3 is 2.20 bits per heavy atom. The summed E-state index contributed by atoms with van der Waals surface area (Å²) in [6.07, 6.45) is 7.66. The van der Waals surface area contributed by atoms with Gasteiger partial charge in [0.15, 0.2) is 0 Å². The quantitative estimate of drug-likeness (QED) is 0.494. The second kappa shape index (κ2) is 5.22. The van der Waals surface area contributed by atoms with Crippen LogP contribution in [-0.4, -0.2) is 0 Å². The van der Waals surface area contributed by atoms with Crippen LogP contribution in [0, 0.1) is 12.3 Å². The Balaban J connectivity index is 3.22. The molecule has 0 amide bonds. The van der Waals surface area contributed by atoms with Gasteiger partial charge in [0.05, 0.1) is 0 Å². The van der Waals surface area contributed by atoms with Crippen molar-refractivity contribution in [3.8, 4) is 12.3 Å². The van der Waals surface area contributed by atoms with Gasteiger partial charge in [-0.15, -0.1) is 6.42 Å². The molecule has 0 nitrogen and oxygen atoms in total. The van der Waals surface area contributed by atoms with Crippen molar-refractivity contribution < 1.29 is 0 Å². The van der Waals surface area contributed by atoms with Crippen LogP contribution in [-0.2, 0) is 0 Å². The molecular weight excluding hydrogens is 180 g/mol. The Morgan fingerprint density at radius 1 is 1.13 bits per heavy atom. The molecule has 0 bridgehead atoms. The fraction of sp³-hybridized carbons (Fsp3) is 0.200. The number of hydrogen-bond acceptors (Lipinski definition) is 0. The molecule has 0 fully saturated rings. The third kappa shape index (κ3) is 3.14. The van der Waals surface area contributed by atoms with Gasteiger partial charge in [-0.05, 0) is 31.9 Å². The van der Waals surface area contributed by atoms with Gasteiger partial charge < -0.3 is 0 Å². The lowest BCUT2D eigenvalue weighted by Crippen LogP contribution is -1.85. The van der Waals surface area contributed by atoms with Gasteiger partial charge in [0.2, 0.25) is 0 Å². The average molecular weight is 196 g/mol. The fourth-order valence-corrected chi connectivity index (χ4v) is 1.53. The molecule has 0 radical (unpaired) electrons. The molecule has 0 aromatic heterocycles. The van der Waals surface area contributed by atoms with E-state index in [0.29, 0.717) is 0 Å². The minimum atomic E-state index is 0.969. The van der Waals surface area contributed by atoms with Crippen LogP contribution in [0.5, 0.6) is 0 Å². The zero-order chi connectivity index (χ0) is 11.3. The highest BCUT2D eigenvalue weighted by molar-refractivity contribution is 5.81. The zero-order valence-corrected chi connectivity index (χ0v) is 9.54.